The molecule has 0 aliphatic carbocycles. The van der Waals surface area contributed by atoms with Crippen molar-refractivity contribution in [2.75, 3.05) is 10.8 Å². The van der Waals surface area contributed by atoms with Crippen LogP contribution in [0.25, 0.3) is 10.8 Å². The molecule has 1 heterocycles. The number of nitrogens with one attached hydrogen (secondary N) is 1. The Kier molecular flexibility index (Phi) is 5.47. The monoisotopic (exact) mass is 388 g/mol. The van der Waals surface area contributed by atoms with Crippen LogP contribution in [0.4, 0.5) is 5.69 Å². The average Bonchev–Trinajstić information content (AvgIpc) is 2.82. The van der Waals surface area contributed by atoms with Crippen molar-refractivity contribution in [3.05, 3.63) is 36.4 Å². The minimum Gasteiger partial charge on any atom is -0.353 e. The van der Waals surface area contributed by atoms with Crippen LogP contribution in [-0.2, 0) is 14.8 Å². The number of nitrogens with zero attached hydrogens (tertiary/aromatic N) is 1. The van der Waals surface area contributed by atoms with E-state index in [4.69, 9.17) is 0 Å². The highest BCUT2D eigenvalue weighted by atomic mass is 32.2. The van der Waals surface area contributed by atoms with Gasteiger partial charge in [-0.25, -0.2) is 8.42 Å². The van der Waals surface area contributed by atoms with Crippen molar-refractivity contribution in [3.8, 4) is 0 Å². The molecule has 0 unspecified atom stereocenters. The highest BCUT2D eigenvalue weighted by Gasteiger charge is 2.35. The highest BCUT2D eigenvalue weighted by Crippen LogP contribution is 2.41. The summed E-state index contributed by atoms with van der Waals surface area (Å²) >= 11 is 0. The van der Waals surface area contributed by atoms with E-state index in [0.717, 1.165) is 10.8 Å². The van der Waals surface area contributed by atoms with Crippen LogP contribution in [0.15, 0.2) is 41.3 Å². The minimum atomic E-state index is -3.54. The average molecular weight is 389 g/mol. The summed E-state index contributed by atoms with van der Waals surface area (Å²) in [5.74, 6) is 0.703. The molecule has 146 valence electrons. The number of rotatable bonds is 7. The number of sulfonamides is 1. The van der Waals surface area contributed by atoms with Gasteiger partial charge in [-0.2, -0.15) is 0 Å². The molecule has 0 spiro atoms. The first-order valence-electron chi connectivity index (χ1n) is 9.57. The Morgan fingerprint density at radius 3 is 2.30 bits per heavy atom. The maximum atomic E-state index is 12.9. The summed E-state index contributed by atoms with van der Waals surface area (Å²) in [5, 5.41) is 4.80. The Labute approximate surface area is 161 Å². The normalized spacial score (nSPS) is 15.3. The fourth-order valence-electron chi connectivity index (χ4n) is 3.94. The zero-order chi connectivity index (χ0) is 19.8. The SMILES string of the molecule is CC(C)C(NC(=O)CCCN1c2cccc3cccc(c23)S1(=O)=O)C(C)C. The number of carbonyl (C=O) groups is 1. The Morgan fingerprint density at radius 1 is 1.04 bits per heavy atom. The molecule has 6 heteroatoms. The Balaban J connectivity index is 1.69. The number of hydrogen-bond acceptors (Lipinski definition) is 3. The number of anilines is 1. The molecule has 1 aliphatic heterocycles. The van der Waals surface area contributed by atoms with Crippen LogP contribution in [0.2, 0.25) is 0 Å². The van der Waals surface area contributed by atoms with Crippen LogP contribution in [-0.4, -0.2) is 26.9 Å². The zero-order valence-electron chi connectivity index (χ0n) is 16.4. The standard InChI is InChI=1S/C21H28N2O3S/c1-14(2)21(15(3)4)22-19(24)12-7-13-23-17-10-5-8-16-9-6-11-18(20(16)17)27(23,25)26/h5-6,8-11,14-15,21H,7,12-13H2,1-4H3,(H,22,24). The van der Waals surface area contributed by atoms with Gasteiger partial charge in [0.1, 0.15) is 0 Å². The second kappa shape index (κ2) is 7.50. The van der Waals surface area contributed by atoms with E-state index >= 15 is 0 Å². The molecule has 0 bridgehead atoms. The van der Waals surface area contributed by atoms with Crippen LogP contribution in [0.3, 0.4) is 0 Å². The largest absolute Gasteiger partial charge is 0.353 e. The molecule has 27 heavy (non-hydrogen) atoms. The lowest BCUT2D eigenvalue weighted by atomic mass is 9.93. The van der Waals surface area contributed by atoms with E-state index in [1.165, 1.54) is 4.31 Å². The molecule has 0 radical (unpaired) electrons. The van der Waals surface area contributed by atoms with Crippen molar-refractivity contribution in [2.24, 2.45) is 11.8 Å². The molecule has 2 aromatic carbocycles. The maximum Gasteiger partial charge on any atom is 0.265 e. The van der Waals surface area contributed by atoms with Gasteiger partial charge in [0.25, 0.3) is 10.0 Å². The van der Waals surface area contributed by atoms with Crippen LogP contribution >= 0.6 is 0 Å². The van der Waals surface area contributed by atoms with Gasteiger partial charge >= 0.3 is 0 Å². The van der Waals surface area contributed by atoms with E-state index in [9.17, 15) is 13.2 Å². The predicted molar refractivity (Wildman–Crippen MR) is 109 cm³/mol. The predicted octanol–water partition coefficient (Wildman–Crippen LogP) is 3.93. The topological polar surface area (TPSA) is 66.5 Å². The minimum absolute atomic E-state index is 0.0188. The van der Waals surface area contributed by atoms with Crippen molar-refractivity contribution in [2.45, 2.75) is 51.5 Å². The number of amides is 1. The molecule has 0 aromatic heterocycles. The fraction of sp³-hybridized carbons (Fsp3) is 0.476. The van der Waals surface area contributed by atoms with E-state index < -0.39 is 10.0 Å². The molecule has 3 rings (SSSR count). The van der Waals surface area contributed by atoms with Gasteiger partial charge in [-0.15, -0.1) is 0 Å². The van der Waals surface area contributed by atoms with E-state index in [1.54, 1.807) is 12.1 Å². The van der Waals surface area contributed by atoms with Gasteiger partial charge < -0.3 is 5.32 Å². The quantitative estimate of drug-likeness (QED) is 0.782. The lowest BCUT2D eigenvalue weighted by Crippen LogP contribution is -2.42. The molecule has 2 aromatic rings. The molecule has 1 N–H and O–H groups in total. The summed E-state index contributed by atoms with van der Waals surface area (Å²) in [5.41, 5.74) is 0.714. The summed E-state index contributed by atoms with van der Waals surface area (Å²) in [6.07, 6.45) is 0.798. The second-order valence-electron chi connectivity index (χ2n) is 7.89. The summed E-state index contributed by atoms with van der Waals surface area (Å²) in [4.78, 5) is 12.7. The lowest BCUT2D eigenvalue weighted by Gasteiger charge is -2.26. The fourth-order valence-corrected chi connectivity index (χ4v) is 5.69. The molecule has 0 atom stereocenters. The van der Waals surface area contributed by atoms with Gasteiger partial charge in [0.15, 0.2) is 0 Å². The van der Waals surface area contributed by atoms with E-state index in [-0.39, 0.29) is 11.9 Å². The van der Waals surface area contributed by atoms with E-state index in [1.807, 2.05) is 24.3 Å². The van der Waals surface area contributed by atoms with Gasteiger partial charge in [0, 0.05) is 24.4 Å². The lowest BCUT2D eigenvalue weighted by molar-refractivity contribution is -0.122. The van der Waals surface area contributed by atoms with Crippen LogP contribution < -0.4 is 9.62 Å². The van der Waals surface area contributed by atoms with Crippen molar-refractivity contribution < 1.29 is 13.2 Å². The maximum absolute atomic E-state index is 12.9. The smallest absolute Gasteiger partial charge is 0.265 e. The van der Waals surface area contributed by atoms with Crippen molar-refractivity contribution in [1.29, 1.82) is 0 Å². The van der Waals surface area contributed by atoms with Gasteiger partial charge in [0.2, 0.25) is 5.91 Å². The number of carbonyl (C=O) groups excluding carboxylic acids is 1. The third-order valence-corrected chi connectivity index (χ3v) is 7.07. The molecule has 0 saturated heterocycles. The highest BCUT2D eigenvalue weighted by molar-refractivity contribution is 7.93. The molecule has 0 saturated carbocycles. The Hall–Kier alpha value is -2.08. The van der Waals surface area contributed by atoms with Crippen molar-refractivity contribution >= 4 is 32.4 Å². The number of hydrogen-bond donors (Lipinski definition) is 1. The Bertz CT molecular complexity index is 938. The first-order valence-corrected chi connectivity index (χ1v) is 11.0. The van der Waals surface area contributed by atoms with Crippen LogP contribution in [0.5, 0.6) is 0 Å². The first-order chi connectivity index (χ1) is 12.7. The van der Waals surface area contributed by atoms with Gasteiger partial charge in [-0.1, -0.05) is 52.0 Å². The third kappa shape index (κ3) is 3.68. The molecule has 5 nitrogen and oxygen atoms in total. The second-order valence-corrected chi connectivity index (χ2v) is 9.72. The van der Waals surface area contributed by atoms with Crippen LogP contribution in [0, 0.1) is 11.8 Å². The summed E-state index contributed by atoms with van der Waals surface area (Å²) in [6, 6.07) is 11.1. The van der Waals surface area contributed by atoms with Crippen LogP contribution in [0.1, 0.15) is 40.5 Å². The summed E-state index contributed by atoms with van der Waals surface area (Å²) in [6.45, 7) is 8.69. The van der Waals surface area contributed by atoms with Gasteiger partial charge in [-0.05, 0) is 35.8 Å². The van der Waals surface area contributed by atoms with Gasteiger partial charge in [-0.3, -0.25) is 9.10 Å². The first kappa shape index (κ1) is 19.7. The zero-order valence-corrected chi connectivity index (χ0v) is 17.2. The van der Waals surface area contributed by atoms with Crippen molar-refractivity contribution in [3.63, 3.8) is 0 Å². The molecule has 1 aliphatic rings. The van der Waals surface area contributed by atoms with E-state index in [2.05, 4.69) is 33.0 Å². The molecule has 0 fully saturated rings. The van der Waals surface area contributed by atoms with E-state index in [0.29, 0.717) is 41.8 Å². The third-order valence-electron chi connectivity index (χ3n) is 5.21. The molecule has 1 amide bonds. The molecular formula is C21H28N2O3S. The summed E-state index contributed by atoms with van der Waals surface area (Å²) < 4.78 is 27.3. The number of benzene rings is 2. The Morgan fingerprint density at radius 2 is 1.67 bits per heavy atom. The summed E-state index contributed by atoms with van der Waals surface area (Å²) in [7, 11) is -3.54. The molecular weight excluding hydrogens is 360 g/mol. The van der Waals surface area contributed by atoms with Crippen molar-refractivity contribution in [1.82, 2.24) is 5.32 Å². The van der Waals surface area contributed by atoms with Gasteiger partial charge in [0.05, 0.1) is 10.6 Å².